The molecule has 0 radical (unpaired) electrons. The number of rotatable bonds is 2. The van der Waals surface area contributed by atoms with E-state index in [1.165, 1.54) is 4.31 Å². The molecule has 0 fully saturated rings. The summed E-state index contributed by atoms with van der Waals surface area (Å²) in [5.74, 6) is 0. The summed E-state index contributed by atoms with van der Waals surface area (Å²) in [6.45, 7) is 0. The van der Waals surface area contributed by atoms with Crippen molar-refractivity contribution in [3.63, 3.8) is 0 Å². The summed E-state index contributed by atoms with van der Waals surface area (Å²) < 4.78 is 24.2. The maximum absolute atomic E-state index is 11.5. The molecule has 0 saturated carbocycles. The van der Waals surface area contributed by atoms with E-state index in [2.05, 4.69) is 0 Å². The van der Waals surface area contributed by atoms with Crippen molar-refractivity contribution in [2.24, 2.45) is 0 Å². The van der Waals surface area contributed by atoms with Gasteiger partial charge in [0.05, 0.1) is 4.91 Å². The maximum Gasteiger partial charge on any atom is 0.242 e. The van der Waals surface area contributed by atoms with Gasteiger partial charge in [-0.1, -0.05) is 12.2 Å². The van der Waals surface area contributed by atoms with Crippen LogP contribution in [-0.4, -0.2) is 26.8 Å². The third kappa shape index (κ3) is 1.76. The average molecular weight is 187 g/mol. The minimum atomic E-state index is -3.19. The van der Waals surface area contributed by atoms with Gasteiger partial charge in [-0.25, -0.2) is 12.7 Å². The van der Waals surface area contributed by atoms with Crippen LogP contribution < -0.4 is 0 Å². The smallest absolute Gasteiger partial charge is 0.207 e. The van der Waals surface area contributed by atoms with E-state index in [9.17, 15) is 8.42 Å². The highest BCUT2D eigenvalue weighted by Gasteiger charge is 2.18. The molecular formula is C8H13NO2S. The molecule has 1 aliphatic carbocycles. The standard InChI is InChI=1S/C8H13NO2S/c1-9(2)12(10,11)8-6-4-3-5-7-8/h4,6-7H,3,5H2,1-2H3. The van der Waals surface area contributed by atoms with E-state index >= 15 is 0 Å². The Kier molecular flexibility index (Phi) is 2.69. The van der Waals surface area contributed by atoms with E-state index in [4.69, 9.17) is 0 Å². The normalized spacial score (nSPS) is 18.1. The summed E-state index contributed by atoms with van der Waals surface area (Å²) in [6, 6.07) is 0. The molecule has 0 heterocycles. The van der Waals surface area contributed by atoms with Crippen LogP contribution in [0.5, 0.6) is 0 Å². The fourth-order valence-corrected chi connectivity index (χ4v) is 2.01. The van der Waals surface area contributed by atoms with Crippen LogP contribution in [0.4, 0.5) is 0 Å². The van der Waals surface area contributed by atoms with E-state index < -0.39 is 10.0 Å². The van der Waals surface area contributed by atoms with Crippen LogP contribution in [-0.2, 0) is 10.0 Å². The van der Waals surface area contributed by atoms with Crippen molar-refractivity contribution in [1.29, 1.82) is 0 Å². The van der Waals surface area contributed by atoms with Gasteiger partial charge in [0.1, 0.15) is 0 Å². The molecule has 0 unspecified atom stereocenters. The second-order valence-electron chi connectivity index (χ2n) is 2.87. The lowest BCUT2D eigenvalue weighted by Gasteiger charge is -2.13. The van der Waals surface area contributed by atoms with Crippen LogP contribution in [0.2, 0.25) is 0 Å². The summed E-state index contributed by atoms with van der Waals surface area (Å²) in [6.07, 6.45) is 7.07. The van der Waals surface area contributed by atoms with Crippen molar-refractivity contribution >= 4 is 10.0 Å². The number of sulfonamides is 1. The lowest BCUT2D eigenvalue weighted by Crippen LogP contribution is -2.23. The first-order valence-electron chi connectivity index (χ1n) is 3.84. The molecule has 0 saturated heterocycles. The van der Waals surface area contributed by atoms with E-state index in [-0.39, 0.29) is 0 Å². The van der Waals surface area contributed by atoms with Crippen LogP contribution >= 0.6 is 0 Å². The zero-order chi connectivity index (χ0) is 9.19. The van der Waals surface area contributed by atoms with Gasteiger partial charge in [0.25, 0.3) is 0 Å². The third-order valence-electron chi connectivity index (χ3n) is 1.74. The summed E-state index contributed by atoms with van der Waals surface area (Å²) in [7, 11) is -0.112. The Labute approximate surface area is 73.4 Å². The van der Waals surface area contributed by atoms with Gasteiger partial charge < -0.3 is 0 Å². The monoisotopic (exact) mass is 187 g/mol. The first-order valence-corrected chi connectivity index (χ1v) is 5.28. The van der Waals surface area contributed by atoms with Crippen molar-refractivity contribution in [1.82, 2.24) is 4.31 Å². The molecule has 0 N–H and O–H groups in total. The summed E-state index contributed by atoms with van der Waals surface area (Å²) in [5.41, 5.74) is 0. The average Bonchev–Trinajstić information content (AvgIpc) is 2.06. The Morgan fingerprint density at radius 1 is 1.33 bits per heavy atom. The minimum Gasteiger partial charge on any atom is -0.207 e. The zero-order valence-electron chi connectivity index (χ0n) is 7.32. The lowest BCUT2D eigenvalue weighted by atomic mass is 10.2. The summed E-state index contributed by atoms with van der Waals surface area (Å²) >= 11 is 0. The van der Waals surface area contributed by atoms with Gasteiger partial charge in [0.15, 0.2) is 0 Å². The molecule has 1 rings (SSSR count). The fraction of sp³-hybridized carbons (Fsp3) is 0.500. The van der Waals surface area contributed by atoms with Crippen LogP contribution in [0.15, 0.2) is 23.1 Å². The largest absolute Gasteiger partial charge is 0.242 e. The minimum absolute atomic E-state index is 0.416. The van der Waals surface area contributed by atoms with Gasteiger partial charge in [-0.05, 0) is 18.9 Å². The molecule has 68 valence electrons. The molecule has 0 aromatic heterocycles. The van der Waals surface area contributed by atoms with E-state index in [0.717, 1.165) is 12.8 Å². The summed E-state index contributed by atoms with van der Waals surface area (Å²) in [4.78, 5) is 0.416. The number of nitrogens with zero attached hydrogens (tertiary/aromatic N) is 1. The molecule has 0 amide bonds. The van der Waals surface area contributed by atoms with Crippen LogP contribution in [0.3, 0.4) is 0 Å². The predicted molar refractivity (Wildman–Crippen MR) is 49.1 cm³/mol. The lowest BCUT2D eigenvalue weighted by molar-refractivity contribution is 0.528. The van der Waals surface area contributed by atoms with Crippen molar-refractivity contribution < 1.29 is 8.42 Å². The van der Waals surface area contributed by atoms with Crippen LogP contribution in [0, 0.1) is 0 Å². The van der Waals surface area contributed by atoms with Crippen molar-refractivity contribution in [3.8, 4) is 0 Å². The highest BCUT2D eigenvalue weighted by Crippen LogP contribution is 2.17. The van der Waals surface area contributed by atoms with Gasteiger partial charge >= 0.3 is 0 Å². The molecular weight excluding hydrogens is 174 g/mol. The first kappa shape index (κ1) is 9.48. The molecule has 3 nitrogen and oxygen atoms in total. The Balaban J connectivity index is 2.97. The van der Waals surface area contributed by atoms with E-state index in [0.29, 0.717) is 4.91 Å². The van der Waals surface area contributed by atoms with Gasteiger partial charge in [0, 0.05) is 14.1 Å². The molecule has 0 bridgehead atoms. The molecule has 4 heteroatoms. The Bertz CT molecular complexity index is 312. The Hall–Kier alpha value is -0.610. The number of hydrogen-bond acceptors (Lipinski definition) is 2. The molecule has 0 aromatic carbocycles. The molecule has 0 atom stereocenters. The molecule has 0 spiro atoms. The van der Waals surface area contributed by atoms with Crippen molar-refractivity contribution in [2.75, 3.05) is 14.1 Å². The topological polar surface area (TPSA) is 37.4 Å². The van der Waals surface area contributed by atoms with E-state index in [1.54, 1.807) is 26.2 Å². The number of allylic oxidation sites excluding steroid dienone is 3. The predicted octanol–water partition coefficient (Wildman–Crippen LogP) is 1.11. The fourth-order valence-electron chi connectivity index (χ4n) is 0.991. The number of hydrogen-bond donors (Lipinski definition) is 0. The summed E-state index contributed by atoms with van der Waals surface area (Å²) in [5, 5.41) is 0. The zero-order valence-corrected chi connectivity index (χ0v) is 8.13. The second-order valence-corrected chi connectivity index (χ2v) is 5.03. The van der Waals surface area contributed by atoms with Crippen LogP contribution in [0.1, 0.15) is 12.8 Å². The second kappa shape index (κ2) is 3.41. The van der Waals surface area contributed by atoms with Crippen LogP contribution in [0.25, 0.3) is 0 Å². The van der Waals surface area contributed by atoms with Gasteiger partial charge in [-0.3, -0.25) is 0 Å². The quantitative estimate of drug-likeness (QED) is 0.649. The van der Waals surface area contributed by atoms with Crippen molar-refractivity contribution in [3.05, 3.63) is 23.1 Å². The van der Waals surface area contributed by atoms with E-state index in [1.807, 2.05) is 6.08 Å². The maximum atomic E-state index is 11.5. The molecule has 12 heavy (non-hydrogen) atoms. The molecule has 0 aromatic rings. The highest BCUT2D eigenvalue weighted by atomic mass is 32.2. The Morgan fingerprint density at radius 3 is 2.42 bits per heavy atom. The van der Waals surface area contributed by atoms with Gasteiger partial charge in [-0.2, -0.15) is 0 Å². The molecule has 0 aliphatic heterocycles. The third-order valence-corrected chi connectivity index (χ3v) is 3.60. The first-order chi connectivity index (χ1) is 5.55. The highest BCUT2D eigenvalue weighted by molar-refractivity contribution is 7.93. The van der Waals surface area contributed by atoms with Gasteiger partial charge in [-0.15, -0.1) is 0 Å². The SMILES string of the molecule is CN(C)S(=O)(=O)C1=CCCC=C1. The van der Waals surface area contributed by atoms with Gasteiger partial charge in [0.2, 0.25) is 10.0 Å². The molecule has 1 aliphatic rings. The Morgan fingerprint density at radius 2 is 2.00 bits per heavy atom. The van der Waals surface area contributed by atoms with Crippen molar-refractivity contribution in [2.45, 2.75) is 12.8 Å².